The van der Waals surface area contributed by atoms with E-state index in [-0.39, 0.29) is 28.0 Å². The lowest BCUT2D eigenvalue weighted by Crippen LogP contribution is -2.60. The maximum atomic E-state index is 12.9. The van der Waals surface area contributed by atoms with E-state index >= 15 is 0 Å². The molecule has 1 aliphatic rings. The van der Waals surface area contributed by atoms with Gasteiger partial charge in [0.05, 0.1) is 12.2 Å². The first-order valence-electron chi connectivity index (χ1n) is 9.35. The van der Waals surface area contributed by atoms with Gasteiger partial charge >= 0.3 is 0 Å². The maximum Gasteiger partial charge on any atom is 0.229 e. The molecule has 10 heteroatoms. The molecule has 31 heavy (non-hydrogen) atoms. The van der Waals surface area contributed by atoms with Gasteiger partial charge in [-0.15, -0.1) is 0 Å². The summed E-state index contributed by atoms with van der Waals surface area (Å²) in [5.74, 6) is -0.465. The molecule has 2 aromatic carbocycles. The van der Waals surface area contributed by atoms with Crippen LogP contribution < -0.4 is 10.2 Å². The van der Waals surface area contributed by atoms with Crippen molar-refractivity contribution in [1.29, 1.82) is 0 Å². The minimum absolute atomic E-state index is 0.00730. The first kappa shape index (κ1) is 21.1. The van der Waals surface area contributed by atoms with Crippen LogP contribution in [0.4, 0.5) is 0 Å². The van der Waals surface area contributed by atoms with Gasteiger partial charge in [-0.3, -0.25) is 4.79 Å². The predicted octanol–water partition coefficient (Wildman–Crippen LogP) is 0.0499. The van der Waals surface area contributed by atoms with Crippen molar-refractivity contribution in [1.82, 2.24) is 0 Å². The van der Waals surface area contributed by atoms with Gasteiger partial charge in [0.25, 0.3) is 0 Å². The Morgan fingerprint density at radius 1 is 0.968 bits per heavy atom. The molecule has 0 radical (unpaired) electrons. The summed E-state index contributed by atoms with van der Waals surface area (Å²) in [6.07, 6.45) is -6.23. The number of aromatic hydroxyl groups is 2. The fraction of sp³-hybridized carbons (Fsp3) is 0.286. The van der Waals surface area contributed by atoms with Crippen LogP contribution in [0.2, 0.25) is 0 Å². The Hall–Kier alpha value is -3.15. The zero-order valence-electron chi connectivity index (χ0n) is 16.0. The van der Waals surface area contributed by atoms with Crippen molar-refractivity contribution in [2.75, 3.05) is 6.61 Å². The fourth-order valence-corrected chi connectivity index (χ4v) is 3.41. The number of benzene rings is 2. The summed E-state index contributed by atoms with van der Waals surface area (Å²) in [6, 6.07) is 8.29. The Balaban J connectivity index is 1.68. The van der Waals surface area contributed by atoms with E-state index in [4.69, 9.17) is 13.9 Å². The lowest BCUT2D eigenvalue weighted by Gasteiger charge is -2.39. The normalized spacial score (nSPS) is 26.1. The lowest BCUT2D eigenvalue weighted by atomic mass is 9.99. The highest BCUT2D eigenvalue weighted by molar-refractivity contribution is 5.88. The number of phenols is 2. The van der Waals surface area contributed by atoms with Crippen LogP contribution >= 0.6 is 0 Å². The molecule has 1 aromatic heterocycles. The third-order valence-electron chi connectivity index (χ3n) is 5.11. The maximum absolute atomic E-state index is 12.9. The lowest BCUT2D eigenvalue weighted by molar-refractivity contribution is -0.277. The summed E-state index contributed by atoms with van der Waals surface area (Å²) in [4.78, 5) is 12.9. The van der Waals surface area contributed by atoms with Gasteiger partial charge in [-0.05, 0) is 17.7 Å². The van der Waals surface area contributed by atoms with Gasteiger partial charge in [-0.2, -0.15) is 0 Å². The molecule has 0 saturated carbocycles. The van der Waals surface area contributed by atoms with Gasteiger partial charge in [0.2, 0.25) is 11.7 Å². The number of aliphatic hydroxyl groups is 4. The van der Waals surface area contributed by atoms with Crippen LogP contribution in [0.3, 0.4) is 0 Å². The molecule has 3 aromatic rings. The van der Waals surface area contributed by atoms with E-state index in [9.17, 15) is 35.4 Å². The summed E-state index contributed by atoms with van der Waals surface area (Å²) in [6.45, 7) is -0.622. The number of rotatable bonds is 4. The Morgan fingerprint density at radius 3 is 2.35 bits per heavy atom. The molecule has 10 nitrogen and oxygen atoms in total. The van der Waals surface area contributed by atoms with Gasteiger partial charge in [0.1, 0.15) is 58.9 Å². The molecule has 1 aliphatic heterocycles. The van der Waals surface area contributed by atoms with E-state index in [2.05, 4.69) is 0 Å². The van der Waals surface area contributed by atoms with Gasteiger partial charge in [0, 0.05) is 12.1 Å². The molecule has 0 aliphatic carbocycles. The number of hydrogen-bond acceptors (Lipinski definition) is 10. The highest BCUT2D eigenvalue weighted by Gasteiger charge is 2.44. The van der Waals surface area contributed by atoms with Crippen LogP contribution in [0.1, 0.15) is 0 Å². The van der Waals surface area contributed by atoms with Gasteiger partial charge in [-0.1, -0.05) is 12.1 Å². The average molecular weight is 432 g/mol. The SMILES string of the molecule is O=c1c(-c2ccc(O)cc2)coc2cc(O[C@@H]3OC(CO)[C@H](O)[C@@H](O)C3O)cc(O)c12. The number of hydrogen-bond donors (Lipinski definition) is 6. The first-order valence-corrected chi connectivity index (χ1v) is 9.35. The first-order chi connectivity index (χ1) is 14.8. The molecule has 1 saturated heterocycles. The van der Waals surface area contributed by atoms with Crippen molar-refractivity contribution in [3.8, 4) is 28.4 Å². The van der Waals surface area contributed by atoms with Gasteiger partial charge < -0.3 is 44.5 Å². The minimum atomic E-state index is -1.64. The Labute approximate surface area is 174 Å². The molecule has 0 amide bonds. The molecule has 164 valence electrons. The van der Waals surface area contributed by atoms with Gasteiger partial charge in [0.15, 0.2) is 0 Å². The second-order valence-electron chi connectivity index (χ2n) is 7.16. The molecule has 2 heterocycles. The van der Waals surface area contributed by atoms with E-state index in [1.807, 2.05) is 0 Å². The van der Waals surface area contributed by atoms with Crippen molar-refractivity contribution in [2.45, 2.75) is 30.7 Å². The third kappa shape index (κ3) is 3.82. The standard InChI is InChI=1S/C21H20O10/c22-7-15-18(26)19(27)20(28)21(31-15)30-11-5-13(24)16-14(6-11)29-8-12(17(16)25)9-1-3-10(23)4-2-9/h1-6,8,15,18-24,26-28H,7H2/t15?,18-,19+,20?,21+/m0/s1. The van der Waals surface area contributed by atoms with Crippen molar-refractivity contribution in [3.63, 3.8) is 0 Å². The topological polar surface area (TPSA) is 170 Å². The molecule has 5 atom stereocenters. The van der Waals surface area contributed by atoms with Crippen LogP contribution in [0.15, 0.2) is 51.9 Å². The second kappa shape index (κ2) is 8.17. The fourth-order valence-electron chi connectivity index (χ4n) is 3.41. The molecular formula is C21H20O10. The van der Waals surface area contributed by atoms with E-state index in [0.29, 0.717) is 5.56 Å². The van der Waals surface area contributed by atoms with Crippen LogP contribution in [0.5, 0.6) is 17.2 Å². The molecule has 2 unspecified atom stereocenters. The van der Waals surface area contributed by atoms with Crippen LogP contribution in [0.25, 0.3) is 22.1 Å². The van der Waals surface area contributed by atoms with Crippen LogP contribution in [0, 0.1) is 0 Å². The Bertz CT molecular complexity index is 1140. The van der Waals surface area contributed by atoms with Crippen molar-refractivity contribution < 1.29 is 44.5 Å². The summed E-state index contributed by atoms with van der Waals surface area (Å²) >= 11 is 0. The molecule has 6 N–H and O–H groups in total. The van der Waals surface area contributed by atoms with E-state index < -0.39 is 48.5 Å². The summed E-state index contributed by atoms with van der Waals surface area (Å²) in [5, 5.41) is 58.8. The second-order valence-corrected chi connectivity index (χ2v) is 7.16. The zero-order valence-corrected chi connectivity index (χ0v) is 16.0. The molecular weight excluding hydrogens is 412 g/mol. The van der Waals surface area contributed by atoms with Crippen molar-refractivity contribution >= 4 is 11.0 Å². The number of aliphatic hydroxyl groups excluding tert-OH is 4. The average Bonchev–Trinajstić information content (AvgIpc) is 2.75. The zero-order chi connectivity index (χ0) is 22.3. The van der Waals surface area contributed by atoms with Crippen molar-refractivity contribution in [2.24, 2.45) is 0 Å². The van der Waals surface area contributed by atoms with E-state index in [1.54, 1.807) is 0 Å². The third-order valence-corrected chi connectivity index (χ3v) is 5.11. The highest BCUT2D eigenvalue weighted by atomic mass is 16.7. The summed E-state index contributed by atoms with van der Waals surface area (Å²) in [7, 11) is 0. The van der Waals surface area contributed by atoms with E-state index in [1.165, 1.54) is 36.6 Å². The monoisotopic (exact) mass is 432 g/mol. The smallest absolute Gasteiger partial charge is 0.229 e. The molecule has 0 spiro atoms. The number of phenolic OH excluding ortho intramolecular Hbond substituents is 2. The molecule has 1 fully saturated rings. The summed E-state index contributed by atoms with van der Waals surface area (Å²) < 4.78 is 16.2. The quantitative estimate of drug-likeness (QED) is 0.331. The largest absolute Gasteiger partial charge is 0.508 e. The molecule has 0 bridgehead atoms. The predicted molar refractivity (Wildman–Crippen MR) is 106 cm³/mol. The van der Waals surface area contributed by atoms with E-state index in [0.717, 1.165) is 6.07 Å². The highest BCUT2D eigenvalue weighted by Crippen LogP contribution is 2.32. The van der Waals surface area contributed by atoms with Crippen molar-refractivity contribution in [3.05, 3.63) is 52.9 Å². The molecule has 4 rings (SSSR count). The Kier molecular flexibility index (Phi) is 5.56. The summed E-state index contributed by atoms with van der Waals surface area (Å²) in [5.41, 5.74) is 0.135. The number of fused-ring (bicyclic) bond motifs is 1. The van der Waals surface area contributed by atoms with Crippen LogP contribution in [-0.2, 0) is 4.74 Å². The minimum Gasteiger partial charge on any atom is -0.508 e. The van der Waals surface area contributed by atoms with Crippen LogP contribution in [-0.4, -0.2) is 68.0 Å². The Morgan fingerprint density at radius 2 is 1.68 bits per heavy atom. The van der Waals surface area contributed by atoms with Gasteiger partial charge in [-0.25, -0.2) is 0 Å². The number of ether oxygens (including phenoxy) is 2.